The van der Waals surface area contributed by atoms with E-state index < -0.39 is 18.4 Å². The normalized spacial score (nSPS) is 13.3. The Morgan fingerprint density at radius 1 is 0.808 bits per heavy atom. The second kappa shape index (κ2) is 14.5. The van der Waals surface area contributed by atoms with Gasteiger partial charge >= 0.3 is 174 Å². The minimum atomic E-state index is -2.23. The molecule has 0 bridgehead atoms. The first-order chi connectivity index (χ1) is 12.7. The average molecular weight is 485 g/mol. The molecule has 0 saturated carbocycles. The van der Waals surface area contributed by atoms with Crippen molar-refractivity contribution in [1.82, 2.24) is 0 Å². The van der Waals surface area contributed by atoms with Gasteiger partial charge < -0.3 is 0 Å². The molecule has 0 amide bonds. The van der Waals surface area contributed by atoms with E-state index in [1.165, 1.54) is 70.6 Å². The molecule has 0 radical (unpaired) electrons. The standard InChI is InChI=1S/C12H19S.3C4H9.Sn/c1-3-5-6-11(4-2)9-12-7-8-13-10-12;3*1-3-4-2;/h7-8,11H,3-6,9H2,1-2H3;3*1,3-4H2,2H3;. The van der Waals surface area contributed by atoms with Crippen LogP contribution in [-0.2, 0) is 6.42 Å². The van der Waals surface area contributed by atoms with E-state index in [9.17, 15) is 0 Å². The van der Waals surface area contributed by atoms with Crippen molar-refractivity contribution >= 4 is 32.6 Å². The molecule has 2 heteroatoms. The van der Waals surface area contributed by atoms with Gasteiger partial charge in [-0.2, -0.15) is 0 Å². The predicted octanol–water partition coefficient (Wildman–Crippen LogP) is 8.56. The van der Waals surface area contributed by atoms with Crippen molar-refractivity contribution in [3.63, 3.8) is 0 Å². The van der Waals surface area contributed by atoms with Crippen LogP contribution in [0.1, 0.15) is 104 Å². The Labute approximate surface area is 173 Å². The molecule has 152 valence electrons. The van der Waals surface area contributed by atoms with Gasteiger partial charge in [-0.15, -0.1) is 0 Å². The Balaban J connectivity index is 3.09. The Hall–Kier alpha value is 0.499. The summed E-state index contributed by atoms with van der Waals surface area (Å²) in [5, 5.41) is 2.45. The quantitative estimate of drug-likeness (QED) is 0.206. The molecule has 1 aromatic rings. The van der Waals surface area contributed by atoms with Crippen LogP contribution in [0.2, 0.25) is 13.3 Å². The number of unbranched alkanes of at least 4 members (excludes halogenated alkanes) is 4. The predicted molar refractivity (Wildman–Crippen MR) is 126 cm³/mol. The molecule has 1 aromatic heterocycles. The van der Waals surface area contributed by atoms with Crippen molar-refractivity contribution < 1.29 is 0 Å². The van der Waals surface area contributed by atoms with Crippen molar-refractivity contribution in [3.8, 4) is 0 Å². The molecule has 0 fully saturated rings. The summed E-state index contributed by atoms with van der Waals surface area (Å²) in [5.41, 5.74) is 1.80. The summed E-state index contributed by atoms with van der Waals surface area (Å²) in [5.74, 6) is 0.913. The Kier molecular flexibility index (Phi) is 13.7. The van der Waals surface area contributed by atoms with Crippen LogP contribution < -0.4 is 2.89 Å². The maximum atomic E-state index is 2.53. The summed E-state index contributed by atoms with van der Waals surface area (Å²) in [6, 6.07) is 2.53. The third kappa shape index (κ3) is 7.86. The monoisotopic (exact) mass is 486 g/mol. The SMILES string of the molecule is CCCCC(CC)Cc1ccs[c]1[Sn]([CH2]CCC)([CH2]CCC)[CH2]CCC. The first-order valence-electron chi connectivity index (χ1n) is 11.7. The molecule has 0 saturated heterocycles. The third-order valence-corrected chi connectivity index (χ3v) is 25.9. The van der Waals surface area contributed by atoms with Crippen LogP contribution in [0, 0.1) is 5.92 Å². The van der Waals surface area contributed by atoms with Gasteiger partial charge in [-0.1, -0.05) is 0 Å². The molecule has 0 nitrogen and oxygen atoms in total. The van der Waals surface area contributed by atoms with E-state index in [4.69, 9.17) is 0 Å². The Morgan fingerprint density at radius 3 is 1.81 bits per heavy atom. The van der Waals surface area contributed by atoms with E-state index in [1.807, 2.05) is 2.89 Å². The van der Waals surface area contributed by atoms with Crippen LogP contribution in [-0.4, -0.2) is 18.4 Å². The zero-order chi connectivity index (χ0) is 19.3. The Bertz CT molecular complexity index is 429. The van der Waals surface area contributed by atoms with E-state index in [2.05, 4.69) is 57.4 Å². The van der Waals surface area contributed by atoms with Gasteiger partial charge in [-0.3, -0.25) is 0 Å². The van der Waals surface area contributed by atoms with Gasteiger partial charge in [0.15, 0.2) is 0 Å². The Morgan fingerprint density at radius 2 is 1.35 bits per heavy atom. The van der Waals surface area contributed by atoms with Crippen molar-refractivity contribution in [2.75, 3.05) is 0 Å². The molecule has 26 heavy (non-hydrogen) atoms. The summed E-state index contributed by atoms with van der Waals surface area (Å²) in [4.78, 5) is 0. The van der Waals surface area contributed by atoms with Crippen LogP contribution in [0.25, 0.3) is 0 Å². The number of hydrogen-bond donors (Lipinski definition) is 0. The molecule has 0 aliphatic rings. The van der Waals surface area contributed by atoms with Gasteiger partial charge in [-0.25, -0.2) is 0 Å². The fourth-order valence-electron chi connectivity index (χ4n) is 4.48. The van der Waals surface area contributed by atoms with Crippen LogP contribution in [0.4, 0.5) is 0 Å². The van der Waals surface area contributed by atoms with Gasteiger partial charge in [0.25, 0.3) is 0 Å². The van der Waals surface area contributed by atoms with E-state index in [1.54, 1.807) is 18.9 Å². The number of hydrogen-bond acceptors (Lipinski definition) is 1. The summed E-state index contributed by atoms with van der Waals surface area (Å²) in [7, 11) is 0. The molecule has 0 aromatic carbocycles. The van der Waals surface area contributed by atoms with Gasteiger partial charge in [-0.05, 0) is 0 Å². The molecule has 0 N–H and O–H groups in total. The van der Waals surface area contributed by atoms with Crippen molar-refractivity contribution in [2.24, 2.45) is 5.92 Å². The van der Waals surface area contributed by atoms with Crippen LogP contribution in [0.5, 0.6) is 0 Å². The summed E-state index contributed by atoms with van der Waals surface area (Å²) >= 11 is -0.0562. The zero-order valence-corrected chi connectivity index (χ0v) is 22.2. The summed E-state index contributed by atoms with van der Waals surface area (Å²) in [6.45, 7) is 11.9. The molecular formula is C24H46SSn. The summed E-state index contributed by atoms with van der Waals surface area (Å²) in [6.07, 6.45) is 15.5. The second-order valence-corrected chi connectivity index (χ2v) is 23.5. The first-order valence-corrected chi connectivity index (χ1v) is 20.1. The van der Waals surface area contributed by atoms with Crippen LogP contribution in [0.15, 0.2) is 11.4 Å². The van der Waals surface area contributed by atoms with Crippen LogP contribution >= 0.6 is 11.3 Å². The maximum absolute atomic E-state index is 2.53. The fourth-order valence-corrected chi connectivity index (χ4v) is 25.6. The molecule has 1 atom stereocenters. The third-order valence-electron chi connectivity index (χ3n) is 6.31. The van der Waals surface area contributed by atoms with E-state index >= 15 is 0 Å². The van der Waals surface area contributed by atoms with E-state index in [-0.39, 0.29) is 0 Å². The zero-order valence-electron chi connectivity index (χ0n) is 18.5. The molecule has 1 rings (SSSR count). The molecule has 0 aliphatic heterocycles. The molecule has 0 spiro atoms. The topological polar surface area (TPSA) is 0 Å². The second-order valence-electron chi connectivity index (χ2n) is 8.49. The van der Waals surface area contributed by atoms with E-state index in [0.29, 0.717) is 0 Å². The van der Waals surface area contributed by atoms with E-state index in [0.717, 1.165) is 5.92 Å². The average Bonchev–Trinajstić information content (AvgIpc) is 3.13. The molecule has 1 heterocycles. The molecule has 1 unspecified atom stereocenters. The van der Waals surface area contributed by atoms with Gasteiger partial charge in [0.1, 0.15) is 0 Å². The van der Waals surface area contributed by atoms with Gasteiger partial charge in [0.2, 0.25) is 0 Å². The van der Waals surface area contributed by atoms with Gasteiger partial charge in [0.05, 0.1) is 0 Å². The fraction of sp³-hybridized carbons (Fsp3) is 0.833. The number of thiophene rings is 1. The number of rotatable bonds is 16. The van der Waals surface area contributed by atoms with Gasteiger partial charge in [0, 0.05) is 0 Å². The van der Waals surface area contributed by atoms with Crippen molar-refractivity contribution in [3.05, 3.63) is 17.0 Å². The minimum absolute atomic E-state index is 0.913. The van der Waals surface area contributed by atoms with Crippen LogP contribution in [0.3, 0.4) is 0 Å². The summed E-state index contributed by atoms with van der Waals surface area (Å²) < 4.78 is 6.84. The molecule has 0 aliphatic carbocycles. The van der Waals surface area contributed by atoms with Crippen molar-refractivity contribution in [1.29, 1.82) is 0 Å². The first kappa shape index (κ1) is 24.5. The van der Waals surface area contributed by atoms with Crippen molar-refractivity contribution in [2.45, 2.75) is 119 Å². The molecular weight excluding hydrogens is 439 g/mol.